The maximum atomic E-state index is 4.71. The molecule has 0 bridgehead atoms. The monoisotopic (exact) mass is 303 g/mol. The number of hydrogen-bond acceptors (Lipinski definition) is 5. The van der Waals surface area contributed by atoms with Gasteiger partial charge in [-0.05, 0) is 26.1 Å². The topological polar surface area (TPSA) is 37.8 Å². The molecule has 0 saturated heterocycles. The third-order valence-electron chi connectivity index (χ3n) is 3.29. The molecule has 0 aliphatic carbocycles. The summed E-state index contributed by atoms with van der Waals surface area (Å²) in [4.78, 5) is 9.25. The first-order chi connectivity index (χ1) is 9.74. The van der Waals surface area contributed by atoms with Crippen LogP contribution in [-0.2, 0) is 12.8 Å². The van der Waals surface area contributed by atoms with Crippen LogP contribution in [0, 0.1) is 6.92 Å². The minimum Gasteiger partial charge on any atom is -0.316 e. The van der Waals surface area contributed by atoms with Crippen molar-refractivity contribution in [1.82, 2.24) is 15.3 Å². The zero-order chi connectivity index (χ0) is 13.9. The van der Waals surface area contributed by atoms with Gasteiger partial charge in [-0.3, -0.25) is 0 Å². The number of nitrogens with one attached hydrogen (secondary N) is 1. The van der Waals surface area contributed by atoms with Gasteiger partial charge in [0.25, 0.3) is 0 Å². The molecule has 104 valence electrons. The number of benzene rings is 1. The third kappa shape index (κ3) is 3.06. The van der Waals surface area contributed by atoms with Crippen LogP contribution in [0.5, 0.6) is 0 Å². The van der Waals surface area contributed by atoms with Gasteiger partial charge in [0.05, 0.1) is 25.9 Å². The van der Waals surface area contributed by atoms with Crippen LogP contribution in [-0.4, -0.2) is 23.1 Å². The van der Waals surface area contributed by atoms with Crippen LogP contribution < -0.4 is 5.32 Å². The van der Waals surface area contributed by atoms with Crippen molar-refractivity contribution in [2.45, 2.75) is 25.8 Å². The molecule has 1 aromatic carbocycles. The Kier molecular flexibility index (Phi) is 4.10. The summed E-state index contributed by atoms with van der Waals surface area (Å²) in [5.41, 5.74) is 2.28. The molecule has 3 aromatic rings. The summed E-state index contributed by atoms with van der Waals surface area (Å²) in [6, 6.07) is 8.71. The maximum absolute atomic E-state index is 4.71. The Morgan fingerprint density at radius 1 is 1.20 bits per heavy atom. The van der Waals surface area contributed by atoms with Gasteiger partial charge in [-0.25, -0.2) is 9.97 Å². The van der Waals surface area contributed by atoms with Crippen molar-refractivity contribution in [3.05, 3.63) is 45.4 Å². The van der Waals surface area contributed by atoms with E-state index in [1.165, 1.54) is 15.4 Å². The number of likely N-dealkylation sites (N-methyl/N-ethyl adjacent to an activating group) is 1. The van der Waals surface area contributed by atoms with E-state index in [-0.39, 0.29) is 0 Å². The molecule has 2 heterocycles. The van der Waals surface area contributed by atoms with Crippen molar-refractivity contribution in [1.29, 1.82) is 0 Å². The Balaban J connectivity index is 1.73. The Labute approximate surface area is 126 Å². The molecule has 3 rings (SSSR count). The second-order valence-electron chi connectivity index (χ2n) is 4.83. The van der Waals surface area contributed by atoms with Crippen molar-refractivity contribution < 1.29 is 0 Å². The van der Waals surface area contributed by atoms with E-state index in [1.807, 2.05) is 13.1 Å². The molecule has 1 atom stereocenters. The number of rotatable bonds is 5. The number of aromatic nitrogens is 2. The molecule has 5 heteroatoms. The molecule has 0 radical (unpaired) electrons. The fraction of sp³-hybridized carbons (Fsp3) is 0.333. The molecule has 0 aliphatic rings. The summed E-state index contributed by atoms with van der Waals surface area (Å²) >= 11 is 3.50. The van der Waals surface area contributed by atoms with Crippen LogP contribution in [0.4, 0.5) is 0 Å². The summed E-state index contributed by atoms with van der Waals surface area (Å²) < 4.78 is 1.27. The largest absolute Gasteiger partial charge is 0.316 e. The molecule has 0 saturated carbocycles. The average Bonchev–Trinajstić information content (AvgIpc) is 3.03. The average molecular weight is 303 g/mol. The highest BCUT2D eigenvalue weighted by Gasteiger charge is 2.13. The Hall–Kier alpha value is -1.30. The van der Waals surface area contributed by atoms with Gasteiger partial charge in [-0.15, -0.1) is 22.7 Å². The fourth-order valence-corrected chi connectivity index (χ4v) is 3.92. The highest BCUT2D eigenvalue weighted by molar-refractivity contribution is 7.18. The first-order valence-corrected chi connectivity index (χ1v) is 8.37. The van der Waals surface area contributed by atoms with Crippen molar-refractivity contribution in [3.63, 3.8) is 0 Å². The lowest BCUT2D eigenvalue weighted by Crippen LogP contribution is -2.30. The minimum atomic E-state index is 0.386. The lowest BCUT2D eigenvalue weighted by molar-refractivity contribution is 0.550. The number of para-hydroxylation sites is 1. The highest BCUT2D eigenvalue weighted by Crippen LogP contribution is 2.23. The van der Waals surface area contributed by atoms with E-state index in [2.05, 4.69) is 40.8 Å². The molecule has 20 heavy (non-hydrogen) atoms. The summed E-state index contributed by atoms with van der Waals surface area (Å²) in [6.07, 6.45) is 1.91. The van der Waals surface area contributed by atoms with Crippen LogP contribution in [0.15, 0.2) is 29.6 Å². The molecule has 0 amide bonds. The molecule has 1 unspecified atom stereocenters. The van der Waals surface area contributed by atoms with Crippen LogP contribution in [0.2, 0.25) is 0 Å². The van der Waals surface area contributed by atoms with Crippen molar-refractivity contribution in [2.75, 3.05) is 7.05 Å². The lowest BCUT2D eigenvalue weighted by Gasteiger charge is -2.12. The number of aryl methyl sites for hydroxylation is 1. The van der Waals surface area contributed by atoms with E-state index >= 15 is 0 Å². The molecule has 0 aliphatic heterocycles. The van der Waals surface area contributed by atoms with E-state index in [0.29, 0.717) is 6.04 Å². The maximum Gasteiger partial charge on any atom is 0.0954 e. The van der Waals surface area contributed by atoms with E-state index in [1.54, 1.807) is 22.7 Å². The van der Waals surface area contributed by atoms with Crippen LogP contribution in [0.25, 0.3) is 10.2 Å². The van der Waals surface area contributed by atoms with Crippen molar-refractivity contribution >= 4 is 32.9 Å². The van der Waals surface area contributed by atoms with Crippen molar-refractivity contribution in [2.24, 2.45) is 0 Å². The zero-order valence-electron chi connectivity index (χ0n) is 11.6. The molecule has 3 nitrogen and oxygen atoms in total. The van der Waals surface area contributed by atoms with E-state index in [0.717, 1.165) is 23.4 Å². The predicted molar refractivity (Wildman–Crippen MR) is 86.7 cm³/mol. The SMILES string of the molecule is CNC(Cc1csc(C)n1)Cc1nc2ccccc2s1. The first-order valence-electron chi connectivity index (χ1n) is 6.67. The zero-order valence-corrected chi connectivity index (χ0v) is 13.2. The van der Waals surface area contributed by atoms with Crippen LogP contribution >= 0.6 is 22.7 Å². The summed E-state index contributed by atoms with van der Waals surface area (Å²) in [6.45, 7) is 2.05. The van der Waals surface area contributed by atoms with Gasteiger partial charge >= 0.3 is 0 Å². The summed E-state index contributed by atoms with van der Waals surface area (Å²) in [5.74, 6) is 0. The second-order valence-corrected chi connectivity index (χ2v) is 7.00. The van der Waals surface area contributed by atoms with E-state index in [9.17, 15) is 0 Å². The highest BCUT2D eigenvalue weighted by atomic mass is 32.1. The lowest BCUT2D eigenvalue weighted by atomic mass is 10.1. The number of fused-ring (bicyclic) bond motifs is 1. The second kappa shape index (κ2) is 5.99. The van der Waals surface area contributed by atoms with Crippen molar-refractivity contribution in [3.8, 4) is 0 Å². The van der Waals surface area contributed by atoms with E-state index in [4.69, 9.17) is 4.98 Å². The fourth-order valence-electron chi connectivity index (χ4n) is 2.25. The predicted octanol–water partition coefficient (Wildman–Crippen LogP) is 3.43. The molecular formula is C15H17N3S2. The smallest absolute Gasteiger partial charge is 0.0954 e. The van der Waals surface area contributed by atoms with E-state index < -0.39 is 0 Å². The van der Waals surface area contributed by atoms with Gasteiger partial charge in [0, 0.05) is 24.3 Å². The normalized spacial score (nSPS) is 12.9. The number of thiazole rings is 2. The van der Waals surface area contributed by atoms with Gasteiger partial charge in [0.1, 0.15) is 0 Å². The molecule has 1 N–H and O–H groups in total. The van der Waals surface area contributed by atoms with Gasteiger partial charge in [-0.2, -0.15) is 0 Å². The molecule has 0 fully saturated rings. The quantitative estimate of drug-likeness (QED) is 0.784. The summed E-state index contributed by atoms with van der Waals surface area (Å²) in [7, 11) is 2.01. The Morgan fingerprint density at radius 3 is 2.75 bits per heavy atom. The number of nitrogens with zero attached hydrogens (tertiary/aromatic N) is 2. The first kappa shape index (κ1) is 13.7. The van der Waals surface area contributed by atoms with Crippen LogP contribution in [0.3, 0.4) is 0 Å². The standard InChI is InChI=1S/C15H17N3S2/c1-10-17-12(9-19-10)7-11(16-2)8-15-18-13-5-3-4-6-14(13)20-15/h3-6,9,11,16H,7-8H2,1-2H3. The van der Waals surface area contributed by atoms with Gasteiger partial charge in [-0.1, -0.05) is 12.1 Å². The van der Waals surface area contributed by atoms with Gasteiger partial charge in [0.15, 0.2) is 0 Å². The number of hydrogen-bond donors (Lipinski definition) is 1. The van der Waals surface area contributed by atoms with Gasteiger partial charge < -0.3 is 5.32 Å². The minimum absolute atomic E-state index is 0.386. The Bertz CT molecular complexity index is 669. The third-order valence-corrected chi connectivity index (χ3v) is 5.17. The van der Waals surface area contributed by atoms with Crippen LogP contribution in [0.1, 0.15) is 15.7 Å². The summed E-state index contributed by atoms with van der Waals surface area (Å²) in [5, 5.41) is 7.86. The molecule has 0 spiro atoms. The van der Waals surface area contributed by atoms with Gasteiger partial charge in [0.2, 0.25) is 0 Å². The Morgan fingerprint density at radius 2 is 2.05 bits per heavy atom. The molecule has 2 aromatic heterocycles. The molecular weight excluding hydrogens is 286 g/mol.